The number of carboxylic acid groups (broad SMARTS) is 1. The van der Waals surface area contributed by atoms with E-state index in [0.29, 0.717) is 15.4 Å². The van der Waals surface area contributed by atoms with Gasteiger partial charge < -0.3 is 5.11 Å². The van der Waals surface area contributed by atoms with Crippen LogP contribution in [0.5, 0.6) is 0 Å². The SMILES string of the molecule is CC1=CSC2c3sc(C(=O)O)cc3SC12. The third kappa shape index (κ3) is 1.37. The molecule has 1 aromatic rings. The highest BCUT2D eigenvalue weighted by atomic mass is 32.2. The number of fused-ring (bicyclic) bond motifs is 3. The van der Waals surface area contributed by atoms with E-state index in [4.69, 9.17) is 5.11 Å². The van der Waals surface area contributed by atoms with Gasteiger partial charge in [-0.15, -0.1) is 34.9 Å². The lowest BCUT2D eigenvalue weighted by atomic mass is 10.1. The molecule has 2 atom stereocenters. The molecule has 0 bridgehead atoms. The van der Waals surface area contributed by atoms with Crippen molar-refractivity contribution in [3.8, 4) is 0 Å². The van der Waals surface area contributed by atoms with Crippen LogP contribution in [-0.2, 0) is 0 Å². The second-order valence-corrected chi connectivity index (χ2v) is 6.88. The Labute approximate surface area is 99.8 Å². The van der Waals surface area contributed by atoms with E-state index in [1.807, 2.05) is 29.6 Å². The third-order valence-electron chi connectivity index (χ3n) is 2.57. The first kappa shape index (κ1) is 9.81. The summed E-state index contributed by atoms with van der Waals surface area (Å²) in [4.78, 5) is 13.7. The standard InChI is InChI=1S/C10H8O2S3/c1-4-3-13-9-7(4)14-5-2-6(10(11)12)15-8(5)9/h2-3,7,9H,1H3,(H,11,12). The van der Waals surface area contributed by atoms with Gasteiger partial charge in [-0.2, -0.15) is 0 Å². The fourth-order valence-electron chi connectivity index (χ4n) is 1.83. The zero-order valence-electron chi connectivity index (χ0n) is 7.89. The topological polar surface area (TPSA) is 37.3 Å². The Balaban J connectivity index is 2.00. The largest absolute Gasteiger partial charge is 0.477 e. The molecule has 0 spiro atoms. The molecule has 0 amide bonds. The van der Waals surface area contributed by atoms with Gasteiger partial charge in [0.05, 0.1) is 5.25 Å². The summed E-state index contributed by atoms with van der Waals surface area (Å²) in [5.74, 6) is -0.806. The molecule has 15 heavy (non-hydrogen) atoms. The number of thioether (sulfide) groups is 2. The molecule has 0 aromatic carbocycles. The summed E-state index contributed by atoms with van der Waals surface area (Å²) >= 11 is 5.07. The second-order valence-electron chi connectivity index (χ2n) is 3.60. The fourth-order valence-corrected chi connectivity index (χ4v) is 6.34. The van der Waals surface area contributed by atoms with E-state index in [2.05, 4.69) is 12.3 Å². The lowest BCUT2D eigenvalue weighted by Crippen LogP contribution is -2.01. The van der Waals surface area contributed by atoms with Crippen LogP contribution in [-0.4, -0.2) is 16.3 Å². The third-order valence-corrected chi connectivity index (χ3v) is 7.03. The van der Waals surface area contributed by atoms with Crippen molar-refractivity contribution in [1.29, 1.82) is 0 Å². The highest BCUT2D eigenvalue weighted by molar-refractivity contribution is 8.07. The molecule has 1 N–H and O–H groups in total. The van der Waals surface area contributed by atoms with E-state index in [0.717, 1.165) is 0 Å². The predicted octanol–water partition coefficient (Wildman–Crippen LogP) is 3.61. The van der Waals surface area contributed by atoms with Gasteiger partial charge >= 0.3 is 5.97 Å². The van der Waals surface area contributed by atoms with E-state index in [9.17, 15) is 4.79 Å². The van der Waals surface area contributed by atoms with Gasteiger partial charge in [-0.05, 0) is 18.4 Å². The zero-order valence-corrected chi connectivity index (χ0v) is 10.3. The molecule has 78 valence electrons. The second kappa shape index (κ2) is 3.30. The molecule has 1 aromatic heterocycles. The van der Waals surface area contributed by atoms with Gasteiger partial charge in [0, 0.05) is 15.0 Å². The molecule has 0 saturated carbocycles. The molecule has 0 radical (unpaired) electrons. The van der Waals surface area contributed by atoms with Gasteiger partial charge in [0.15, 0.2) is 0 Å². The molecule has 3 heterocycles. The molecular formula is C10H8O2S3. The van der Waals surface area contributed by atoms with Crippen molar-refractivity contribution >= 4 is 40.8 Å². The first-order valence-corrected chi connectivity index (χ1v) is 7.16. The highest BCUT2D eigenvalue weighted by Gasteiger charge is 2.40. The average molecular weight is 256 g/mol. The van der Waals surface area contributed by atoms with Crippen LogP contribution in [0.4, 0.5) is 0 Å². The minimum atomic E-state index is -0.806. The molecule has 2 unspecified atom stereocenters. The Morgan fingerprint density at radius 2 is 2.27 bits per heavy atom. The highest BCUT2D eigenvalue weighted by Crippen LogP contribution is 2.60. The molecular weight excluding hydrogens is 248 g/mol. The molecule has 2 nitrogen and oxygen atoms in total. The van der Waals surface area contributed by atoms with E-state index < -0.39 is 5.97 Å². The summed E-state index contributed by atoms with van der Waals surface area (Å²) in [6.45, 7) is 2.15. The van der Waals surface area contributed by atoms with Crippen molar-refractivity contribution in [3.63, 3.8) is 0 Å². The van der Waals surface area contributed by atoms with Crippen LogP contribution in [0.15, 0.2) is 21.9 Å². The van der Waals surface area contributed by atoms with Crippen molar-refractivity contribution in [2.24, 2.45) is 0 Å². The van der Waals surface area contributed by atoms with Gasteiger partial charge in [0.2, 0.25) is 0 Å². The monoisotopic (exact) mass is 256 g/mol. The van der Waals surface area contributed by atoms with Crippen LogP contribution in [0.1, 0.15) is 26.7 Å². The normalized spacial score (nSPS) is 27.4. The zero-order chi connectivity index (χ0) is 10.6. The van der Waals surface area contributed by atoms with E-state index in [1.165, 1.54) is 26.7 Å². The van der Waals surface area contributed by atoms with Crippen LogP contribution in [0.2, 0.25) is 0 Å². The first-order valence-electron chi connectivity index (χ1n) is 4.52. The summed E-state index contributed by atoms with van der Waals surface area (Å²) in [5.41, 5.74) is 1.41. The summed E-state index contributed by atoms with van der Waals surface area (Å²) in [5, 5.41) is 12.1. The van der Waals surface area contributed by atoms with Crippen molar-refractivity contribution in [3.05, 3.63) is 26.8 Å². The van der Waals surface area contributed by atoms with E-state index >= 15 is 0 Å². The Hall–Kier alpha value is -0.390. The lowest BCUT2D eigenvalue weighted by Gasteiger charge is -2.09. The number of hydrogen-bond donors (Lipinski definition) is 1. The Morgan fingerprint density at radius 3 is 3.00 bits per heavy atom. The minimum Gasteiger partial charge on any atom is -0.477 e. The predicted molar refractivity (Wildman–Crippen MR) is 65.0 cm³/mol. The Morgan fingerprint density at radius 1 is 1.47 bits per heavy atom. The minimum absolute atomic E-state index is 0.461. The molecule has 0 aliphatic carbocycles. The van der Waals surface area contributed by atoms with Gasteiger partial charge in [-0.25, -0.2) is 4.79 Å². The number of aromatic carboxylic acids is 1. The van der Waals surface area contributed by atoms with Crippen molar-refractivity contribution in [1.82, 2.24) is 0 Å². The molecule has 0 saturated heterocycles. The van der Waals surface area contributed by atoms with Gasteiger partial charge in [0.25, 0.3) is 0 Å². The molecule has 2 aliphatic heterocycles. The Kier molecular flexibility index (Phi) is 2.16. The fraction of sp³-hybridized carbons (Fsp3) is 0.300. The molecule has 2 aliphatic rings. The van der Waals surface area contributed by atoms with Crippen molar-refractivity contribution in [2.45, 2.75) is 22.3 Å². The van der Waals surface area contributed by atoms with Gasteiger partial charge in [-0.1, -0.05) is 5.57 Å². The molecule has 5 heteroatoms. The van der Waals surface area contributed by atoms with Crippen LogP contribution >= 0.6 is 34.9 Å². The lowest BCUT2D eigenvalue weighted by molar-refractivity contribution is 0.0702. The van der Waals surface area contributed by atoms with Crippen LogP contribution < -0.4 is 0 Å². The maximum absolute atomic E-state index is 10.8. The van der Waals surface area contributed by atoms with Gasteiger partial charge in [0.1, 0.15) is 4.88 Å². The first-order chi connectivity index (χ1) is 7.16. The molecule has 0 fully saturated rings. The van der Waals surface area contributed by atoms with Gasteiger partial charge in [-0.3, -0.25) is 0 Å². The molecule has 3 rings (SSSR count). The van der Waals surface area contributed by atoms with Crippen LogP contribution in [0, 0.1) is 0 Å². The average Bonchev–Trinajstić information content (AvgIpc) is 2.77. The summed E-state index contributed by atoms with van der Waals surface area (Å²) < 4.78 is 0. The smallest absolute Gasteiger partial charge is 0.345 e. The number of rotatable bonds is 1. The Bertz CT molecular complexity index is 475. The number of hydrogen-bond acceptors (Lipinski definition) is 4. The van der Waals surface area contributed by atoms with Crippen molar-refractivity contribution < 1.29 is 9.90 Å². The quantitative estimate of drug-likeness (QED) is 0.833. The summed E-state index contributed by atoms with van der Waals surface area (Å²) in [7, 11) is 0. The van der Waals surface area contributed by atoms with Crippen LogP contribution in [0.3, 0.4) is 0 Å². The van der Waals surface area contributed by atoms with Crippen molar-refractivity contribution in [2.75, 3.05) is 0 Å². The number of thiophene rings is 1. The number of carboxylic acids is 1. The van der Waals surface area contributed by atoms with E-state index in [1.54, 1.807) is 0 Å². The van der Waals surface area contributed by atoms with E-state index in [-0.39, 0.29) is 0 Å². The maximum Gasteiger partial charge on any atom is 0.345 e. The van der Waals surface area contributed by atoms with Crippen LogP contribution in [0.25, 0.3) is 0 Å². The summed E-state index contributed by atoms with van der Waals surface area (Å²) in [6, 6.07) is 1.82. The summed E-state index contributed by atoms with van der Waals surface area (Å²) in [6.07, 6.45) is 0. The number of carbonyl (C=O) groups is 1. The maximum atomic E-state index is 10.8.